The predicted molar refractivity (Wildman–Crippen MR) is 144 cm³/mol. The van der Waals surface area contributed by atoms with Gasteiger partial charge in [-0.1, -0.05) is 42.1 Å². The number of hydrogen-bond donors (Lipinski definition) is 1. The van der Waals surface area contributed by atoms with Crippen molar-refractivity contribution in [1.29, 1.82) is 5.26 Å². The Morgan fingerprint density at radius 1 is 1.09 bits per heavy atom. The minimum absolute atomic E-state index is 0.0392. The molecule has 8 heteroatoms. The number of anilines is 2. The number of halogens is 1. The van der Waals surface area contributed by atoms with Crippen LogP contribution in [0.1, 0.15) is 18.9 Å². The maximum Gasteiger partial charge on any atom is 0.237 e. The molecule has 0 saturated heterocycles. The molecule has 0 unspecified atom stereocenters. The van der Waals surface area contributed by atoms with Gasteiger partial charge in [0.1, 0.15) is 22.5 Å². The molecule has 4 rings (SSSR count). The highest BCUT2D eigenvalue weighted by atomic mass is 32.2. The van der Waals surface area contributed by atoms with E-state index in [-0.39, 0.29) is 23.5 Å². The number of thioether (sulfide) groups is 1. The molecule has 0 bridgehead atoms. The fraction of sp³-hybridized carbons (Fsp3) is 0.148. The van der Waals surface area contributed by atoms with Crippen LogP contribution in [0.4, 0.5) is 15.8 Å². The molecule has 3 aromatic carbocycles. The van der Waals surface area contributed by atoms with Crippen molar-refractivity contribution in [3.05, 3.63) is 94.7 Å². The Bertz CT molecular complexity index is 1360. The molecule has 35 heavy (non-hydrogen) atoms. The lowest BCUT2D eigenvalue weighted by Gasteiger charge is -2.27. The van der Waals surface area contributed by atoms with Crippen molar-refractivity contribution in [1.82, 2.24) is 4.98 Å². The molecule has 0 spiro atoms. The molecule has 0 atom stereocenters. The number of nitrogens with zero attached hydrogens (tertiary/aromatic N) is 3. The number of allylic oxidation sites excluding steroid dienone is 1. The van der Waals surface area contributed by atoms with Crippen LogP contribution in [0.15, 0.2) is 83.9 Å². The lowest BCUT2D eigenvalue weighted by atomic mass is 10.2. The Hall–Kier alpha value is -3.67. The van der Waals surface area contributed by atoms with Crippen molar-refractivity contribution < 1.29 is 9.18 Å². The summed E-state index contributed by atoms with van der Waals surface area (Å²) < 4.78 is 14.4. The third-order valence-corrected chi connectivity index (χ3v) is 7.15. The fourth-order valence-corrected chi connectivity index (χ4v) is 5.45. The molecular weight excluding hydrogens is 479 g/mol. The van der Waals surface area contributed by atoms with Crippen LogP contribution in [-0.2, 0) is 4.79 Å². The number of thiazole rings is 1. The molecule has 4 aromatic rings. The lowest BCUT2D eigenvalue weighted by Crippen LogP contribution is -2.38. The average Bonchev–Trinajstić information content (AvgIpc) is 3.28. The van der Waals surface area contributed by atoms with Crippen molar-refractivity contribution in [3.63, 3.8) is 0 Å². The van der Waals surface area contributed by atoms with Gasteiger partial charge < -0.3 is 10.2 Å². The topological polar surface area (TPSA) is 69.0 Å². The van der Waals surface area contributed by atoms with Gasteiger partial charge in [-0.15, -0.1) is 11.3 Å². The zero-order valence-electron chi connectivity index (χ0n) is 19.2. The Labute approximate surface area is 211 Å². The summed E-state index contributed by atoms with van der Waals surface area (Å²) in [6.07, 6.45) is 0. The Balaban J connectivity index is 1.67. The molecule has 0 saturated carbocycles. The molecule has 5 nitrogen and oxygen atoms in total. The molecule has 1 heterocycles. The summed E-state index contributed by atoms with van der Waals surface area (Å²) in [5.74, 6) is -0.339. The number of fused-ring (bicyclic) bond motifs is 1. The van der Waals surface area contributed by atoms with Crippen molar-refractivity contribution in [2.45, 2.75) is 19.9 Å². The first-order valence-corrected chi connectivity index (χ1v) is 12.8. The SMILES string of the molecule is CC(C)N(C(=O)CSC(Nc1ccc(F)cc1)=C(C#N)c1nc2ccccc2s1)c1ccccc1. The normalized spacial score (nSPS) is 11.7. The highest BCUT2D eigenvalue weighted by Crippen LogP contribution is 2.33. The summed E-state index contributed by atoms with van der Waals surface area (Å²) in [4.78, 5) is 19.7. The van der Waals surface area contributed by atoms with E-state index < -0.39 is 0 Å². The van der Waals surface area contributed by atoms with E-state index >= 15 is 0 Å². The zero-order chi connectivity index (χ0) is 24.8. The molecule has 0 aliphatic heterocycles. The van der Waals surface area contributed by atoms with Crippen LogP contribution < -0.4 is 10.2 Å². The third-order valence-electron chi connectivity index (χ3n) is 5.11. The van der Waals surface area contributed by atoms with Crippen molar-refractivity contribution in [2.75, 3.05) is 16.0 Å². The van der Waals surface area contributed by atoms with Gasteiger partial charge in [0, 0.05) is 17.4 Å². The van der Waals surface area contributed by atoms with Crippen molar-refractivity contribution in [2.24, 2.45) is 0 Å². The number of aromatic nitrogens is 1. The van der Waals surface area contributed by atoms with Crippen LogP contribution in [0.5, 0.6) is 0 Å². The summed E-state index contributed by atoms with van der Waals surface area (Å²) in [6.45, 7) is 3.93. The van der Waals surface area contributed by atoms with Crippen molar-refractivity contribution in [3.8, 4) is 6.07 Å². The smallest absolute Gasteiger partial charge is 0.237 e. The van der Waals surface area contributed by atoms with Crippen LogP contribution in [0, 0.1) is 17.1 Å². The molecular formula is C27H23FN4OS2. The number of nitrogens with one attached hydrogen (secondary N) is 1. The summed E-state index contributed by atoms with van der Waals surface area (Å²) >= 11 is 2.65. The maximum atomic E-state index is 13.5. The summed E-state index contributed by atoms with van der Waals surface area (Å²) in [6, 6.07) is 25.3. The zero-order valence-corrected chi connectivity index (χ0v) is 20.9. The first kappa shape index (κ1) is 24.5. The lowest BCUT2D eigenvalue weighted by molar-refractivity contribution is -0.116. The van der Waals surface area contributed by atoms with Crippen LogP contribution in [-0.4, -0.2) is 22.7 Å². The van der Waals surface area contributed by atoms with Gasteiger partial charge in [0.25, 0.3) is 0 Å². The summed E-state index contributed by atoms with van der Waals surface area (Å²) in [5.41, 5.74) is 2.57. The molecule has 0 radical (unpaired) electrons. The second kappa shape index (κ2) is 11.2. The first-order chi connectivity index (χ1) is 17.0. The molecule has 0 aliphatic rings. The number of carbonyl (C=O) groups is 1. The quantitative estimate of drug-likeness (QED) is 0.265. The van der Waals surface area contributed by atoms with Gasteiger partial charge in [-0.3, -0.25) is 4.79 Å². The number of hydrogen-bond acceptors (Lipinski definition) is 6. The highest BCUT2D eigenvalue weighted by molar-refractivity contribution is 8.04. The van der Waals surface area contributed by atoms with E-state index in [1.54, 1.807) is 17.0 Å². The summed E-state index contributed by atoms with van der Waals surface area (Å²) in [7, 11) is 0. The van der Waals surface area contributed by atoms with Crippen LogP contribution in [0.25, 0.3) is 15.8 Å². The van der Waals surface area contributed by atoms with E-state index in [0.717, 1.165) is 15.9 Å². The average molecular weight is 503 g/mol. The maximum absolute atomic E-state index is 13.5. The second-order valence-corrected chi connectivity index (χ2v) is 9.93. The number of para-hydroxylation sites is 2. The number of carbonyl (C=O) groups excluding carboxylic acids is 1. The molecule has 176 valence electrons. The largest absolute Gasteiger partial charge is 0.349 e. The van der Waals surface area contributed by atoms with Crippen molar-refractivity contribution >= 4 is 56.2 Å². The van der Waals surface area contributed by atoms with Gasteiger partial charge in [-0.05, 0) is 62.4 Å². The molecule has 0 aliphatic carbocycles. The number of benzene rings is 3. The standard InChI is InChI=1S/C27H23FN4OS2/c1-18(2)32(21-8-4-3-5-9-21)25(33)17-34-26(30-20-14-12-19(28)13-15-20)22(16-29)27-31-23-10-6-7-11-24(23)35-27/h3-15,18,30H,17H2,1-2H3. The van der Waals surface area contributed by atoms with E-state index in [0.29, 0.717) is 21.3 Å². The minimum Gasteiger partial charge on any atom is -0.349 e. The first-order valence-electron chi connectivity index (χ1n) is 11.0. The van der Waals surface area contributed by atoms with E-state index in [1.807, 2.05) is 68.4 Å². The van der Waals surface area contributed by atoms with Gasteiger partial charge in [-0.2, -0.15) is 5.26 Å². The van der Waals surface area contributed by atoms with Crippen LogP contribution in [0.2, 0.25) is 0 Å². The van der Waals surface area contributed by atoms with Crippen LogP contribution in [0.3, 0.4) is 0 Å². The van der Waals surface area contributed by atoms with Gasteiger partial charge >= 0.3 is 0 Å². The van der Waals surface area contributed by atoms with E-state index in [9.17, 15) is 14.4 Å². The van der Waals surface area contributed by atoms with Gasteiger partial charge in [0.2, 0.25) is 5.91 Å². The molecule has 0 fully saturated rings. The van der Waals surface area contributed by atoms with Gasteiger partial charge in [0.05, 0.1) is 21.0 Å². The highest BCUT2D eigenvalue weighted by Gasteiger charge is 2.22. The van der Waals surface area contributed by atoms with E-state index in [1.165, 1.54) is 35.2 Å². The number of rotatable bonds is 8. The second-order valence-electron chi connectivity index (χ2n) is 7.92. The third kappa shape index (κ3) is 5.88. The molecule has 1 N–H and O–H groups in total. The monoisotopic (exact) mass is 502 g/mol. The Morgan fingerprint density at radius 2 is 1.77 bits per heavy atom. The van der Waals surface area contributed by atoms with E-state index in [4.69, 9.17) is 0 Å². The van der Waals surface area contributed by atoms with Gasteiger partial charge in [0.15, 0.2) is 0 Å². The fourth-order valence-electron chi connectivity index (χ4n) is 3.53. The predicted octanol–water partition coefficient (Wildman–Crippen LogP) is 6.91. The molecule has 1 aromatic heterocycles. The van der Waals surface area contributed by atoms with E-state index in [2.05, 4.69) is 16.4 Å². The Kier molecular flexibility index (Phi) is 7.80. The van der Waals surface area contributed by atoms with Gasteiger partial charge in [-0.25, -0.2) is 9.37 Å². The minimum atomic E-state index is -0.356. The number of nitriles is 1. The summed E-state index contributed by atoms with van der Waals surface area (Å²) in [5, 5.41) is 14.3. The number of amides is 1. The molecule has 1 amide bonds. The Morgan fingerprint density at radius 3 is 2.43 bits per heavy atom. The van der Waals surface area contributed by atoms with Crippen LogP contribution >= 0.6 is 23.1 Å².